The minimum Gasteiger partial charge on any atom is -0.342 e. The van der Waals surface area contributed by atoms with Crippen molar-refractivity contribution in [2.45, 2.75) is 38.1 Å². The van der Waals surface area contributed by atoms with E-state index in [0.29, 0.717) is 18.5 Å². The molecular weight excluding hydrogens is 214 g/mol. The van der Waals surface area contributed by atoms with Gasteiger partial charge in [0.1, 0.15) is 0 Å². The van der Waals surface area contributed by atoms with Crippen molar-refractivity contribution in [3.63, 3.8) is 0 Å². The highest BCUT2D eigenvalue weighted by molar-refractivity contribution is 5.78. The van der Waals surface area contributed by atoms with Gasteiger partial charge in [-0.15, -0.1) is 0 Å². The van der Waals surface area contributed by atoms with Crippen molar-refractivity contribution >= 4 is 5.91 Å². The number of nitrogens with one attached hydrogen (secondary N) is 1. The van der Waals surface area contributed by atoms with Crippen molar-refractivity contribution in [1.29, 1.82) is 0 Å². The summed E-state index contributed by atoms with van der Waals surface area (Å²) in [5.41, 5.74) is 0. The molecule has 0 aliphatic carbocycles. The molecule has 2 aliphatic heterocycles. The lowest BCUT2D eigenvalue weighted by Crippen LogP contribution is -2.45. The second-order valence-corrected chi connectivity index (χ2v) is 5.43. The van der Waals surface area contributed by atoms with E-state index in [1.54, 1.807) is 0 Å². The summed E-state index contributed by atoms with van der Waals surface area (Å²) in [5.74, 6) is 0.306. The molecule has 4 nitrogen and oxygen atoms in total. The zero-order chi connectivity index (χ0) is 12.1. The third-order valence-corrected chi connectivity index (χ3v) is 3.81. The Kier molecular flexibility index (Phi) is 4.80. The van der Waals surface area contributed by atoms with Crippen LogP contribution in [0.4, 0.5) is 0 Å². The molecule has 2 rings (SSSR count). The molecule has 0 bridgehead atoms. The Morgan fingerprint density at radius 3 is 2.71 bits per heavy atom. The molecule has 2 heterocycles. The quantitative estimate of drug-likeness (QED) is 0.784. The largest absolute Gasteiger partial charge is 0.342 e. The predicted octanol–water partition coefficient (Wildman–Crippen LogP) is 0.683. The van der Waals surface area contributed by atoms with Gasteiger partial charge in [0.15, 0.2) is 0 Å². The van der Waals surface area contributed by atoms with Gasteiger partial charge >= 0.3 is 0 Å². The summed E-state index contributed by atoms with van der Waals surface area (Å²) < 4.78 is 0. The summed E-state index contributed by atoms with van der Waals surface area (Å²) >= 11 is 0. The van der Waals surface area contributed by atoms with Crippen LogP contribution < -0.4 is 5.32 Å². The molecule has 0 spiro atoms. The molecule has 2 aliphatic rings. The smallest absolute Gasteiger partial charge is 0.236 e. The van der Waals surface area contributed by atoms with E-state index in [1.165, 1.54) is 32.1 Å². The first-order chi connectivity index (χ1) is 8.25. The first kappa shape index (κ1) is 12.8. The fourth-order valence-electron chi connectivity index (χ4n) is 2.82. The molecule has 0 aromatic heterocycles. The number of amides is 1. The Labute approximate surface area is 104 Å². The van der Waals surface area contributed by atoms with Crippen LogP contribution in [-0.2, 0) is 4.79 Å². The number of carbonyl (C=O) groups excluding carboxylic acids is 1. The zero-order valence-electron chi connectivity index (χ0n) is 11.0. The first-order valence-corrected chi connectivity index (χ1v) is 6.95. The predicted molar refractivity (Wildman–Crippen MR) is 69.0 cm³/mol. The van der Waals surface area contributed by atoms with Crippen molar-refractivity contribution < 1.29 is 4.79 Å². The van der Waals surface area contributed by atoms with Gasteiger partial charge in [0.2, 0.25) is 5.91 Å². The Morgan fingerprint density at radius 2 is 2.06 bits per heavy atom. The van der Waals surface area contributed by atoms with E-state index in [4.69, 9.17) is 0 Å². The van der Waals surface area contributed by atoms with Crippen LogP contribution in [0.15, 0.2) is 0 Å². The van der Waals surface area contributed by atoms with Gasteiger partial charge in [-0.2, -0.15) is 0 Å². The highest BCUT2D eigenvalue weighted by atomic mass is 16.2. The first-order valence-electron chi connectivity index (χ1n) is 6.95. The van der Waals surface area contributed by atoms with E-state index in [1.807, 2.05) is 4.90 Å². The minimum absolute atomic E-state index is 0.306. The Morgan fingerprint density at radius 1 is 1.29 bits per heavy atom. The average Bonchev–Trinajstić information content (AvgIpc) is 2.83. The van der Waals surface area contributed by atoms with E-state index >= 15 is 0 Å². The van der Waals surface area contributed by atoms with Crippen LogP contribution in [-0.4, -0.2) is 61.5 Å². The van der Waals surface area contributed by atoms with E-state index < -0.39 is 0 Å². The SMILES string of the molecule is CN(CC(=O)N1CCCC1)CC1CCCCN1. The van der Waals surface area contributed by atoms with Gasteiger partial charge in [0, 0.05) is 25.7 Å². The highest BCUT2D eigenvalue weighted by Gasteiger charge is 2.21. The molecule has 0 radical (unpaired) electrons. The third-order valence-electron chi connectivity index (χ3n) is 3.81. The van der Waals surface area contributed by atoms with Crippen molar-refractivity contribution in [3.05, 3.63) is 0 Å². The number of hydrogen-bond donors (Lipinski definition) is 1. The topological polar surface area (TPSA) is 35.6 Å². The second kappa shape index (κ2) is 6.36. The number of likely N-dealkylation sites (N-methyl/N-ethyl adjacent to an activating group) is 1. The van der Waals surface area contributed by atoms with Crippen LogP contribution in [0.25, 0.3) is 0 Å². The molecular formula is C13H25N3O. The van der Waals surface area contributed by atoms with Gasteiger partial charge in [-0.1, -0.05) is 6.42 Å². The van der Waals surface area contributed by atoms with Crippen molar-refractivity contribution in [3.8, 4) is 0 Å². The number of likely N-dealkylation sites (tertiary alicyclic amines) is 1. The molecule has 2 fully saturated rings. The maximum Gasteiger partial charge on any atom is 0.236 e. The molecule has 1 amide bonds. The third kappa shape index (κ3) is 3.96. The molecule has 98 valence electrons. The van der Waals surface area contributed by atoms with E-state index in [2.05, 4.69) is 17.3 Å². The van der Waals surface area contributed by atoms with E-state index in [0.717, 1.165) is 26.2 Å². The number of nitrogens with zero attached hydrogens (tertiary/aromatic N) is 2. The van der Waals surface area contributed by atoms with E-state index in [9.17, 15) is 4.79 Å². The fraction of sp³-hybridized carbons (Fsp3) is 0.923. The lowest BCUT2D eigenvalue weighted by molar-refractivity contribution is -0.131. The lowest BCUT2D eigenvalue weighted by Gasteiger charge is -2.28. The van der Waals surface area contributed by atoms with Crippen LogP contribution in [0.2, 0.25) is 0 Å². The van der Waals surface area contributed by atoms with Gasteiger partial charge in [0.25, 0.3) is 0 Å². The molecule has 1 unspecified atom stereocenters. The average molecular weight is 239 g/mol. The number of hydrogen-bond acceptors (Lipinski definition) is 3. The van der Waals surface area contributed by atoms with Gasteiger partial charge in [0.05, 0.1) is 6.54 Å². The summed E-state index contributed by atoms with van der Waals surface area (Å²) in [6.07, 6.45) is 6.24. The van der Waals surface area contributed by atoms with Crippen LogP contribution >= 0.6 is 0 Å². The summed E-state index contributed by atoms with van der Waals surface area (Å²) in [5, 5.41) is 3.53. The van der Waals surface area contributed by atoms with Gasteiger partial charge in [-0.05, 0) is 39.3 Å². The van der Waals surface area contributed by atoms with Gasteiger partial charge in [-0.3, -0.25) is 9.69 Å². The van der Waals surface area contributed by atoms with Crippen LogP contribution in [0.5, 0.6) is 0 Å². The van der Waals surface area contributed by atoms with Crippen LogP contribution in [0.1, 0.15) is 32.1 Å². The van der Waals surface area contributed by atoms with Gasteiger partial charge < -0.3 is 10.2 Å². The summed E-state index contributed by atoms with van der Waals surface area (Å²) in [7, 11) is 2.06. The summed E-state index contributed by atoms with van der Waals surface area (Å²) in [6.45, 7) is 4.65. The minimum atomic E-state index is 0.306. The molecule has 0 saturated carbocycles. The molecule has 0 aromatic carbocycles. The normalized spacial score (nSPS) is 25.5. The number of piperidine rings is 1. The fourth-order valence-corrected chi connectivity index (χ4v) is 2.82. The Hall–Kier alpha value is -0.610. The summed E-state index contributed by atoms with van der Waals surface area (Å²) in [6, 6.07) is 0.583. The maximum absolute atomic E-state index is 12.0. The standard InChI is InChI=1S/C13H25N3O/c1-15(10-12-6-2-3-7-14-12)11-13(17)16-8-4-5-9-16/h12,14H,2-11H2,1H3. The molecule has 17 heavy (non-hydrogen) atoms. The van der Waals surface area contributed by atoms with Crippen LogP contribution in [0.3, 0.4) is 0 Å². The van der Waals surface area contributed by atoms with Crippen molar-refractivity contribution in [2.75, 3.05) is 39.8 Å². The lowest BCUT2D eigenvalue weighted by atomic mass is 10.0. The molecule has 2 saturated heterocycles. The van der Waals surface area contributed by atoms with Crippen molar-refractivity contribution in [2.24, 2.45) is 0 Å². The zero-order valence-corrected chi connectivity index (χ0v) is 11.0. The second-order valence-electron chi connectivity index (χ2n) is 5.43. The Bertz CT molecular complexity index is 245. The monoisotopic (exact) mass is 239 g/mol. The van der Waals surface area contributed by atoms with Gasteiger partial charge in [-0.25, -0.2) is 0 Å². The number of rotatable bonds is 4. The van der Waals surface area contributed by atoms with E-state index in [-0.39, 0.29) is 0 Å². The number of carbonyl (C=O) groups is 1. The van der Waals surface area contributed by atoms with Crippen molar-refractivity contribution in [1.82, 2.24) is 15.1 Å². The molecule has 0 aromatic rings. The Balaban J connectivity index is 1.68. The summed E-state index contributed by atoms with van der Waals surface area (Å²) in [4.78, 5) is 16.1. The maximum atomic E-state index is 12.0. The molecule has 1 N–H and O–H groups in total. The van der Waals surface area contributed by atoms with Crippen LogP contribution in [0, 0.1) is 0 Å². The highest BCUT2D eigenvalue weighted by Crippen LogP contribution is 2.10. The molecule has 4 heteroatoms. The molecule has 1 atom stereocenters.